The van der Waals surface area contributed by atoms with Crippen LogP contribution in [0, 0.1) is 5.82 Å². The second-order valence-corrected chi connectivity index (χ2v) is 9.29. The molecular formula is C25H25FN6O2S. The number of piperazine rings is 1. The van der Waals surface area contributed by atoms with Crippen LogP contribution in [0.5, 0.6) is 0 Å². The van der Waals surface area contributed by atoms with Crippen molar-refractivity contribution in [3.63, 3.8) is 0 Å². The topological polar surface area (TPSA) is 86.6 Å². The molecule has 10 heteroatoms. The Balaban J connectivity index is 1.25. The van der Waals surface area contributed by atoms with Crippen molar-refractivity contribution in [3.8, 4) is 11.3 Å². The fraction of sp³-hybridized carbons (Fsp3) is 0.280. The molecule has 0 radical (unpaired) electrons. The molecule has 1 saturated heterocycles. The third-order valence-corrected chi connectivity index (χ3v) is 7.10. The van der Waals surface area contributed by atoms with Crippen molar-refractivity contribution in [1.29, 1.82) is 0 Å². The summed E-state index contributed by atoms with van der Waals surface area (Å²) in [7, 11) is 0. The van der Waals surface area contributed by atoms with Crippen molar-refractivity contribution in [2.45, 2.75) is 18.5 Å². The molecule has 1 fully saturated rings. The fourth-order valence-corrected chi connectivity index (χ4v) is 4.93. The van der Waals surface area contributed by atoms with E-state index in [0.29, 0.717) is 42.5 Å². The maximum atomic E-state index is 13.2. The molecule has 0 spiro atoms. The summed E-state index contributed by atoms with van der Waals surface area (Å²) < 4.78 is 14.7. The number of nitrogens with zero attached hydrogens (tertiary/aromatic N) is 5. The zero-order valence-electron chi connectivity index (χ0n) is 19.3. The molecule has 3 heterocycles. The fourth-order valence-electron chi connectivity index (χ4n) is 4.12. The first-order chi connectivity index (χ1) is 17.0. The van der Waals surface area contributed by atoms with Crippen molar-refractivity contribution >= 4 is 28.9 Å². The average Bonchev–Trinajstić information content (AvgIpc) is 3.35. The highest BCUT2D eigenvalue weighted by molar-refractivity contribution is 7.99. The second kappa shape index (κ2) is 9.91. The van der Waals surface area contributed by atoms with Gasteiger partial charge in [0.2, 0.25) is 11.1 Å². The largest absolute Gasteiger partial charge is 0.368 e. The standard InChI is InChI=1S/C25H25FN6O2S/c1-2-17-3-5-18(6-4-17)21-15-22-24(34)27-28-25(32(22)29-21)35-16-23(33)31-13-11-30(12-14-31)20-9-7-19(26)8-10-20/h3-10,15H,2,11-14,16H2,1H3,(H,27,34). The Morgan fingerprint density at radius 3 is 2.46 bits per heavy atom. The van der Waals surface area contributed by atoms with Crippen molar-refractivity contribution in [1.82, 2.24) is 24.7 Å². The number of carbonyl (C=O) groups is 1. The summed E-state index contributed by atoms with van der Waals surface area (Å²) in [6.07, 6.45) is 0.950. The molecule has 0 unspecified atom stereocenters. The first-order valence-corrected chi connectivity index (χ1v) is 12.5. The number of halogens is 1. The number of nitrogens with one attached hydrogen (secondary N) is 1. The van der Waals surface area contributed by atoms with Crippen molar-refractivity contribution in [3.05, 3.63) is 76.3 Å². The zero-order chi connectivity index (χ0) is 24.4. The highest BCUT2D eigenvalue weighted by atomic mass is 32.2. The summed E-state index contributed by atoms with van der Waals surface area (Å²) in [4.78, 5) is 29.2. The lowest BCUT2D eigenvalue weighted by molar-refractivity contribution is -0.128. The minimum Gasteiger partial charge on any atom is -0.368 e. The van der Waals surface area contributed by atoms with E-state index in [0.717, 1.165) is 17.7 Å². The van der Waals surface area contributed by atoms with Crippen LogP contribution < -0.4 is 10.5 Å². The molecule has 0 saturated carbocycles. The van der Waals surface area contributed by atoms with Crippen molar-refractivity contribution in [2.24, 2.45) is 0 Å². The minimum absolute atomic E-state index is 0.00237. The maximum Gasteiger partial charge on any atom is 0.290 e. The molecule has 35 heavy (non-hydrogen) atoms. The van der Waals surface area contributed by atoms with Crippen LogP contribution in [0.15, 0.2) is 64.5 Å². The number of anilines is 1. The van der Waals surface area contributed by atoms with Gasteiger partial charge in [-0.25, -0.2) is 14.0 Å². The van der Waals surface area contributed by atoms with Gasteiger partial charge in [0, 0.05) is 37.4 Å². The Morgan fingerprint density at radius 1 is 1.06 bits per heavy atom. The number of rotatable bonds is 6. The van der Waals surface area contributed by atoms with Crippen LogP contribution in [0.4, 0.5) is 10.1 Å². The van der Waals surface area contributed by atoms with Gasteiger partial charge in [0.15, 0.2) is 0 Å². The quantitative estimate of drug-likeness (QED) is 0.416. The van der Waals surface area contributed by atoms with Crippen LogP contribution in [0.25, 0.3) is 16.8 Å². The number of aryl methyl sites for hydroxylation is 1. The molecule has 1 amide bonds. The number of H-pyrrole nitrogens is 1. The summed E-state index contributed by atoms with van der Waals surface area (Å²) in [5.74, 6) is -0.0776. The van der Waals surface area contributed by atoms with Crippen molar-refractivity contribution < 1.29 is 9.18 Å². The second-order valence-electron chi connectivity index (χ2n) is 8.35. The Hall–Kier alpha value is -3.66. The third-order valence-electron chi connectivity index (χ3n) is 6.18. The van der Waals surface area contributed by atoms with E-state index >= 15 is 0 Å². The van der Waals surface area contributed by atoms with E-state index in [-0.39, 0.29) is 23.0 Å². The normalized spacial score (nSPS) is 14.0. The van der Waals surface area contributed by atoms with Crippen LogP contribution in [0.2, 0.25) is 0 Å². The molecule has 0 aliphatic carbocycles. The summed E-state index contributed by atoms with van der Waals surface area (Å²) in [6.45, 7) is 4.64. The van der Waals surface area contributed by atoms with Gasteiger partial charge in [0.25, 0.3) is 5.56 Å². The molecule has 0 bridgehead atoms. The van der Waals surface area contributed by atoms with Gasteiger partial charge in [-0.15, -0.1) is 5.10 Å². The predicted molar refractivity (Wildman–Crippen MR) is 134 cm³/mol. The van der Waals surface area contributed by atoms with Crippen LogP contribution in [-0.2, 0) is 11.2 Å². The minimum atomic E-state index is -0.332. The predicted octanol–water partition coefficient (Wildman–Crippen LogP) is 3.23. The molecule has 4 aromatic rings. The van der Waals surface area contributed by atoms with Gasteiger partial charge in [0.1, 0.15) is 11.3 Å². The van der Waals surface area contributed by atoms with E-state index in [1.807, 2.05) is 29.2 Å². The van der Waals surface area contributed by atoms with E-state index in [1.54, 1.807) is 18.2 Å². The van der Waals surface area contributed by atoms with Gasteiger partial charge < -0.3 is 9.80 Å². The molecule has 1 aliphatic heterocycles. The number of hydrogen-bond acceptors (Lipinski definition) is 6. The average molecular weight is 493 g/mol. The number of aromatic amines is 1. The Bertz CT molecular complexity index is 1390. The molecule has 1 N–H and O–H groups in total. The number of thioether (sulfide) groups is 1. The van der Waals surface area contributed by atoms with E-state index < -0.39 is 0 Å². The third kappa shape index (κ3) is 4.93. The molecule has 2 aromatic heterocycles. The van der Waals surface area contributed by atoms with Crippen LogP contribution in [0.3, 0.4) is 0 Å². The SMILES string of the molecule is CCc1ccc(-c2cc3c(=O)[nH]nc(SCC(=O)N4CCN(c5ccc(F)cc5)CC4)n3n2)cc1. The molecule has 0 atom stereocenters. The van der Waals surface area contributed by atoms with E-state index in [9.17, 15) is 14.0 Å². The van der Waals surface area contributed by atoms with E-state index in [1.165, 1.54) is 34.0 Å². The molecule has 1 aliphatic rings. The lowest BCUT2D eigenvalue weighted by Gasteiger charge is -2.36. The lowest BCUT2D eigenvalue weighted by Crippen LogP contribution is -2.49. The van der Waals surface area contributed by atoms with Crippen LogP contribution in [0.1, 0.15) is 12.5 Å². The molecular weight excluding hydrogens is 467 g/mol. The summed E-state index contributed by atoms with van der Waals surface area (Å²) in [5.41, 5.74) is 3.82. The van der Waals surface area contributed by atoms with E-state index in [2.05, 4.69) is 27.1 Å². The van der Waals surface area contributed by atoms with Gasteiger partial charge >= 0.3 is 0 Å². The Morgan fingerprint density at radius 2 is 1.77 bits per heavy atom. The first kappa shape index (κ1) is 23.1. The summed E-state index contributed by atoms with van der Waals surface area (Å²) in [6, 6.07) is 16.2. The molecule has 2 aromatic carbocycles. The Kier molecular flexibility index (Phi) is 6.54. The highest BCUT2D eigenvalue weighted by Crippen LogP contribution is 2.23. The monoisotopic (exact) mass is 492 g/mol. The number of aromatic nitrogens is 4. The maximum absolute atomic E-state index is 13.2. The van der Waals surface area contributed by atoms with Crippen molar-refractivity contribution in [2.75, 3.05) is 36.8 Å². The Labute approximate surface area is 205 Å². The number of benzene rings is 2. The zero-order valence-corrected chi connectivity index (χ0v) is 20.1. The van der Waals surface area contributed by atoms with Crippen LogP contribution >= 0.6 is 11.8 Å². The molecule has 8 nitrogen and oxygen atoms in total. The van der Waals surface area contributed by atoms with Gasteiger partial charge in [-0.05, 0) is 42.3 Å². The van der Waals surface area contributed by atoms with Crippen LogP contribution in [-0.4, -0.2) is 62.6 Å². The van der Waals surface area contributed by atoms with E-state index in [4.69, 9.17) is 0 Å². The highest BCUT2D eigenvalue weighted by Gasteiger charge is 2.22. The molecule has 5 rings (SSSR count). The number of hydrogen-bond donors (Lipinski definition) is 1. The first-order valence-electron chi connectivity index (χ1n) is 11.5. The summed E-state index contributed by atoms with van der Waals surface area (Å²) in [5, 5.41) is 11.7. The smallest absolute Gasteiger partial charge is 0.290 e. The van der Waals surface area contributed by atoms with Gasteiger partial charge in [-0.3, -0.25) is 9.59 Å². The number of carbonyl (C=O) groups excluding carboxylic acids is 1. The number of fused-ring (bicyclic) bond motifs is 1. The van der Waals surface area contributed by atoms with Gasteiger partial charge in [0.05, 0.1) is 11.4 Å². The lowest BCUT2D eigenvalue weighted by atomic mass is 10.1. The number of amides is 1. The van der Waals surface area contributed by atoms with Gasteiger partial charge in [-0.2, -0.15) is 5.10 Å². The molecule has 180 valence electrons. The van der Waals surface area contributed by atoms with Gasteiger partial charge in [-0.1, -0.05) is 43.0 Å². The summed E-state index contributed by atoms with van der Waals surface area (Å²) >= 11 is 1.25.